The highest BCUT2D eigenvalue weighted by Gasteiger charge is 2.44. The topological polar surface area (TPSA) is 175 Å². The number of hydrogen-bond donors (Lipinski definition) is 6. The fraction of sp³-hybridized carbons (Fsp3) is 0.914. The summed E-state index contributed by atoms with van der Waals surface area (Å²) in [5.74, 6) is -0.168. The van der Waals surface area contributed by atoms with Crippen LogP contribution in [0.2, 0.25) is 0 Å². The largest absolute Gasteiger partial charge is 0.466 e. The molecule has 0 radical (unpaired) electrons. The van der Waals surface area contributed by atoms with Crippen molar-refractivity contribution in [3.8, 4) is 0 Å². The summed E-state index contributed by atoms with van der Waals surface area (Å²) in [6, 6.07) is -0.806. The van der Waals surface area contributed by atoms with Gasteiger partial charge in [0.05, 0.1) is 32.0 Å². The minimum absolute atomic E-state index is 0.0107. The van der Waals surface area contributed by atoms with Gasteiger partial charge in [-0.3, -0.25) is 9.59 Å². The lowest BCUT2D eigenvalue weighted by molar-refractivity contribution is -0.302. The number of esters is 1. The average molecular weight is 1150 g/mol. The molecule has 0 bridgehead atoms. The van der Waals surface area contributed by atoms with Crippen LogP contribution in [-0.4, -0.2) is 100 Å². The molecule has 1 fully saturated rings. The first kappa shape index (κ1) is 77.2. The number of nitrogens with one attached hydrogen (secondary N) is 1. The highest BCUT2D eigenvalue weighted by molar-refractivity contribution is 5.76. The molecule has 6 N–H and O–H groups in total. The zero-order valence-electron chi connectivity index (χ0n) is 53.0. The van der Waals surface area contributed by atoms with Crippen LogP contribution < -0.4 is 5.32 Å². The molecule has 11 heteroatoms. The second-order valence-corrected chi connectivity index (χ2v) is 24.6. The number of aliphatic hydroxyl groups excluding tert-OH is 5. The van der Waals surface area contributed by atoms with E-state index in [1.807, 2.05) is 6.08 Å². The van der Waals surface area contributed by atoms with Gasteiger partial charge in [0.1, 0.15) is 24.4 Å². The fourth-order valence-corrected chi connectivity index (χ4v) is 11.3. The summed E-state index contributed by atoms with van der Waals surface area (Å²) < 4.78 is 16.7. The second kappa shape index (κ2) is 59.9. The summed E-state index contributed by atoms with van der Waals surface area (Å²) in [5.41, 5.74) is 0. The van der Waals surface area contributed by atoms with E-state index in [2.05, 4.69) is 31.3 Å². The molecule has 1 aliphatic rings. The van der Waals surface area contributed by atoms with Crippen LogP contribution in [0.5, 0.6) is 0 Å². The third kappa shape index (κ3) is 49.0. The predicted molar refractivity (Wildman–Crippen MR) is 338 cm³/mol. The molecule has 1 heterocycles. The molecule has 478 valence electrons. The van der Waals surface area contributed by atoms with Gasteiger partial charge >= 0.3 is 5.97 Å². The van der Waals surface area contributed by atoms with Gasteiger partial charge in [-0.15, -0.1) is 0 Å². The van der Waals surface area contributed by atoms with Crippen molar-refractivity contribution < 1.29 is 49.3 Å². The van der Waals surface area contributed by atoms with Crippen molar-refractivity contribution in [3.05, 3.63) is 24.3 Å². The van der Waals surface area contributed by atoms with E-state index in [-0.39, 0.29) is 18.5 Å². The second-order valence-electron chi connectivity index (χ2n) is 24.6. The maximum Gasteiger partial charge on any atom is 0.305 e. The van der Waals surface area contributed by atoms with Crippen LogP contribution in [0.3, 0.4) is 0 Å². The van der Waals surface area contributed by atoms with E-state index in [4.69, 9.17) is 14.2 Å². The van der Waals surface area contributed by atoms with Crippen molar-refractivity contribution in [2.45, 2.75) is 391 Å². The third-order valence-electron chi connectivity index (χ3n) is 16.8. The Bertz CT molecular complexity index is 1390. The van der Waals surface area contributed by atoms with Gasteiger partial charge in [-0.25, -0.2) is 0 Å². The Kier molecular flexibility index (Phi) is 57.0. The average Bonchev–Trinajstić information content (AvgIpc) is 3.46. The molecule has 1 amide bonds. The Labute approximate surface area is 499 Å². The first-order valence-electron chi connectivity index (χ1n) is 35.1. The maximum atomic E-state index is 13.0. The van der Waals surface area contributed by atoms with Crippen molar-refractivity contribution in [2.24, 2.45) is 0 Å². The van der Waals surface area contributed by atoms with E-state index >= 15 is 0 Å². The smallest absolute Gasteiger partial charge is 0.305 e. The molecule has 81 heavy (non-hydrogen) atoms. The van der Waals surface area contributed by atoms with Crippen LogP contribution >= 0.6 is 0 Å². The van der Waals surface area contributed by atoms with Crippen LogP contribution in [0.25, 0.3) is 0 Å². The quantitative estimate of drug-likeness (QED) is 0.0195. The molecule has 0 aromatic rings. The SMILES string of the molecule is CCCCCCCCCC/C=C/C(O)C(COC1OC(CO)C(O)C(O)C1O)NC(=O)CCCCCCCCCCCCCCCCCC/C=C\CCCCCCCCCCCCCCOC(=O)CCCCCCCCCCCCC. The molecule has 0 aromatic carbocycles. The minimum Gasteiger partial charge on any atom is -0.466 e. The molecular weight excluding hydrogens is 1010 g/mol. The molecule has 1 rings (SSSR count). The molecule has 0 saturated carbocycles. The first-order valence-corrected chi connectivity index (χ1v) is 35.1. The van der Waals surface area contributed by atoms with Crippen LogP contribution in [-0.2, 0) is 23.8 Å². The number of aliphatic hydroxyl groups is 5. The Hall–Kier alpha value is -1.86. The molecule has 7 unspecified atom stereocenters. The molecule has 0 aliphatic carbocycles. The number of rotatable bonds is 62. The normalized spacial score (nSPS) is 18.3. The lowest BCUT2D eigenvalue weighted by Crippen LogP contribution is -2.60. The van der Waals surface area contributed by atoms with E-state index in [1.165, 1.54) is 270 Å². The Morgan fingerprint density at radius 1 is 0.444 bits per heavy atom. The van der Waals surface area contributed by atoms with E-state index in [0.717, 1.165) is 51.4 Å². The minimum atomic E-state index is -1.57. The summed E-state index contributed by atoms with van der Waals surface area (Å²) in [6.45, 7) is 4.36. The summed E-state index contributed by atoms with van der Waals surface area (Å²) in [7, 11) is 0. The van der Waals surface area contributed by atoms with Crippen LogP contribution in [0.1, 0.15) is 348 Å². The predicted octanol–water partition coefficient (Wildman–Crippen LogP) is 17.6. The van der Waals surface area contributed by atoms with E-state index in [1.54, 1.807) is 6.08 Å². The first-order chi connectivity index (χ1) is 39.7. The molecule has 0 spiro atoms. The van der Waals surface area contributed by atoms with Crippen molar-refractivity contribution in [3.63, 3.8) is 0 Å². The lowest BCUT2D eigenvalue weighted by Gasteiger charge is -2.40. The third-order valence-corrected chi connectivity index (χ3v) is 16.8. The summed E-state index contributed by atoms with van der Waals surface area (Å²) in [4.78, 5) is 25.0. The fourth-order valence-electron chi connectivity index (χ4n) is 11.3. The molecule has 0 aromatic heterocycles. The highest BCUT2D eigenvalue weighted by atomic mass is 16.7. The van der Waals surface area contributed by atoms with Gasteiger partial charge in [-0.2, -0.15) is 0 Å². The standard InChI is InChI=1S/C70H133NO10/c1-3-5-7-9-11-13-37-42-46-50-54-58-66(75)79-59-55-51-47-43-39-36-34-32-30-28-26-24-22-20-18-16-15-17-19-21-23-25-27-29-31-33-35-38-41-45-49-53-57-65(74)71-62(61-80-70-69(78)68(77)67(76)64(60-72)81-70)63(73)56-52-48-44-40-14-12-10-8-6-4-2/h18,20,52,56,62-64,67-70,72-73,76-78H,3-17,19,21-51,53-55,57-61H2,1-2H3,(H,71,74)/b20-18-,56-52+. The van der Waals surface area contributed by atoms with Crippen LogP contribution in [0, 0.1) is 0 Å². The van der Waals surface area contributed by atoms with Crippen molar-refractivity contribution >= 4 is 11.9 Å². The molecule has 11 nitrogen and oxygen atoms in total. The Morgan fingerprint density at radius 3 is 1.19 bits per heavy atom. The highest BCUT2D eigenvalue weighted by Crippen LogP contribution is 2.23. The van der Waals surface area contributed by atoms with E-state index < -0.39 is 49.5 Å². The monoisotopic (exact) mass is 1150 g/mol. The lowest BCUT2D eigenvalue weighted by atomic mass is 9.99. The maximum absolute atomic E-state index is 13.0. The summed E-state index contributed by atoms with van der Waals surface area (Å²) in [5, 5.41) is 54.3. The Morgan fingerprint density at radius 2 is 0.790 bits per heavy atom. The van der Waals surface area contributed by atoms with E-state index in [9.17, 15) is 35.1 Å². The van der Waals surface area contributed by atoms with Crippen molar-refractivity contribution in [1.82, 2.24) is 5.32 Å². The number of amides is 1. The van der Waals surface area contributed by atoms with E-state index in [0.29, 0.717) is 19.4 Å². The van der Waals surface area contributed by atoms with Crippen LogP contribution in [0.15, 0.2) is 24.3 Å². The molecule has 1 aliphatic heterocycles. The van der Waals surface area contributed by atoms with Crippen molar-refractivity contribution in [2.75, 3.05) is 19.8 Å². The van der Waals surface area contributed by atoms with Crippen LogP contribution in [0.4, 0.5) is 0 Å². The zero-order valence-corrected chi connectivity index (χ0v) is 53.0. The summed E-state index contributed by atoms with van der Waals surface area (Å²) >= 11 is 0. The van der Waals surface area contributed by atoms with Gasteiger partial charge in [-0.05, 0) is 57.8 Å². The zero-order chi connectivity index (χ0) is 58.7. The number of carbonyl (C=O) groups is 2. The van der Waals surface area contributed by atoms with Gasteiger partial charge in [-0.1, -0.05) is 301 Å². The van der Waals surface area contributed by atoms with Gasteiger partial charge in [0, 0.05) is 12.8 Å². The summed E-state index contributed by atoms with van der Waals surface area (Å²) in [6.07, 6.45) is 64.7. The number of allylic oxidation sites excluding steroid dienone is 3. The number of hydrogen-bond acceptors (Lipinski definition) is 10. The number of carbonyl (C=O) groups excluding carboxylic acids is 2. The van der Waals surface area contributed by atoms with Crippen molar-refractivity contribution in [1.29, 1.82) is 0 Å². The number of unbranched alkanes of at least 4 members (excludes halogenated alkanes) is 46. The molecule has 1 saturated heterocycles. The van der Waals surface area contributed by atoms with Gasteiger partial charge in [0.2, 0.25) is 5.91 Å². The molecule has 7 atom stereocenters. The molecular formula is C70H133NO10. The number of ether oxygens (including phenoxy) is 3. The van der Waals surface area contributed by atoms with Gasteiger partial charge in [0.15, 0.2) is 6.29 Å². The van der Waals surface area contributed by atoms with Gasteiger partial charge < -0.3 is 45.1 Å². The Balaban J connectivity index is 1.93. The van der Waals surface area contributed by atoms with Gasteiger partial charge in [0.25, 0.3) is 0 Å².